The molecular formula is C17H21NO5. The number of alkyl carbamates (subject to hydrolysis) is 1. The first-order chi connectivity index (χ1) is 10.8. The quantitative estimate of drug-likeness (QED) is 0.720. The molecule has 0 aromatic rings. The predicted molar refractivity (Wildman–Crippen MR) is 82.2 cm³/mol. The number of nitrogens with one attached hydrogen (secondary N) is 1. The summed E-state index contributed by atoms with van der Waals surface area (Å²) in [7, 11) is 1.47. The zero-order valence-corrected chi connectivity index (χ0v) is 13.7. The van der Waals surface area contributed by atoms with Crippen molar-refractivity contribution in [3.05, 3.63) is 34.6 Å². The molecule has 0 bridgehead atoms. The van der Waals surface area contributed by atoms with Gasteiger partial charge in [0, 0.05) is 23.6 Å². The second kappa shape index (κ2) is 5.23. The number of aliphatic hydroxyl groups excluding tert-OH is 1. The minimum atomic E-state index is -0.810. The SMILES string of the molecule is CNC(=O)O[C@H]1C=C2C=C3OC(=O)C(C)=C3C[C@]2(C)[C@@H](C)[C@H]1O. The van der Waals surface area contributed by atoms with Gasteiger partial charge >= 0.3 is 12.1 Å². The van der Waals surface area contributed by atoms with Gasteiger partial charge in [0.15, 0.2) is 0 Å². The highest BCUT2D eigenvalue weighted by Gasteiger charge is 2.49. The Hall–Kier alpha value is -2.08. The Labute approximate surface area is 134 Å². The molecule has 0 aromatic carbocycles. The molecule has 3 aliphatic rings. The van der Waals surface area contributed by atoms with Crippen LogP contribution in [0.25, 0.3) is 0 Å². The molecule has 0 saturated heterocycles. The van der Waals surface area contributed by atoms with Crippen LogP contribution in [0.2, 0.25) is 0 Å². The van der Waals surface area contributed by atoms with Crippen LogP contribution in [0.4, 0.5) is 4.79 Å². The van der Waals surface area contributed by atoms with Crippen LogP contribution >= 0.6 is 0 Å². The van der Waals surface area contributed by atoms with E-state index in [1.165, 1.54) is 7.05 Å². The molecule has 4 atom stereocenters. The van der Waals surface area contributed by atoms with Crippen molar-refractivity contribution >= 4 is 12.1 Å². The molecule has 3 rings (SSSR count). The molecule has 0 spiro atoms. The summed E-state index contributed by atoms with van der Waals surface area (Å²) in [6, 6.07) is 0. The summed E-state index contributed by atoms with van der Waals surface area (Å²) in [5, 5.41) is 12.9. The maximum absolute atomic E-state index is 11.8. The van der Waals surface area contributed by atoms with Gasteiger partial charge in [-0.05, 0) is 37.0 Å². The number of aliphatic hydroxyl groups is 1. The lowest BCUT2D eigenvalue weighted by atomic mass is 9.60. The van der Waals surface area contributed by atoms with E-state index in [-0.39, 0.29) is 17.3 Å². The van der Waals surface area contributed by atoms with Crippen molar-refractivity contribution in [3.63, 3.8) is 0 Å². The number of rotatable bonds is 1. The minimum Gasteiger partial charge on any atom is -0.439 e. The largest absolute Gasteiger partial charge is 0.439 e. The zero-order chi connectivity index (χ0) is 16.9. The molecule has 2 aliphatic carbocycles. The Kier molecular flexibility index (Phi) is 3.59. The first-order valence-electron chi connectivity index (χ1n) is 7.70. The first-order valence-corrected chi connectivity index (χ1v) is 7.70. The summed E-state index contributed by atoms with van der Waals surface area (Å²) in [5.74, 6) is 0.102. The highest BCUT2D eigenvalue weighted by atomic mass is 16.6. The average molecular weight is 319 g/mol. The third kappa shape index (κ3) is 2.28. The fourth-order valence-electron chi connectivity index (χ4n) is 3.54. The third-order valence-corrected chi connectivity index (χ3v) is 5.39. The van der Waals surface area contributed by atoms with Crippen molar-refractivity contribution in [1.29, 1.82) is 0 Å². The molecule has 1 aliphatic heterocycles. The van der Waals surface area contributed by atoms with Crippen molar-refractivity contribution in [2.24, 2.45) is 11.3 Å². The lowest BCUT2D eigenvalue weighted by Gasteiger charge is -2.47. The predicted octanol–water partition coefficient (Wildman–Crippen LogP) is 1.82. The Morgan fingerprint density at radius 1 is 1.52 bits per heavy atom. The van der Waals surface area contributed by atoms with Gasteiger partial charge in [0.2, 0.25) is 0 Å². The summed E-state index contributed by atoms with van der Waals surface area (Å²) in [5.41, 5.74) is 2.11. The molecule has 23 heavy (non-hydrogen) atoms. The van der Waals surface area contributed by atoms with Crippen molar-refractivity contribution < 1.29 is 24.2 Å². The van der Waals surface area contributed by atoms with Gasteiger partial charge in [0.05, 0.1) is 6.10 Å². The smallest absolute Gasteiger partial charge is 0.407 e. The number of allylic oxidation sites excluding steroid dienone is 3. The first kappa shape index (κ1) is 15.8. The minimum absolute atomic E-state index is 0.147. The number of esters is 1. The number of hydrogen-bond donors (Lipinski definition) is 2. The normalized spacial score (nSPS) is 35.7. The van der Waals surface area contributed by atoms with Crippen molar-refractivity contribution in [1.82, 2.24) is 5.32 Å². The van der Waals surface area contributed by atoms with E-state index in [0.717, 1.165) is 11.1 Å². The van der Waals surface area contributed by atoms with Crippen LogP contribution in [0.3, 0.4) is 0 Å². The van der Waals surface area contributed by atoms with Gasteiger partial charge in [-0.3, -0.25) is 0 Å². The van der Waals surface area contributed by atoms with Crippen molar-refractivity contribution in [2.45, 2.75) is 39.4 Å². The molecule has 0 aromatic heterocycles. The fourth-order valence-corrected chi connectivity index (χ4v) is 3.54. The summed E-state index contributed by atoms with van der Waals surface area (Å²) >= 11 is 0. The van der Waals surface area contributed by atoms with Crippen LogP contribution in [-0.2, 0) is 14.3 Å². The number of fused-ring (bicyclic) bond motifs is 2. The molecule has 2 N–H and O–H groups in total. The second-order valence-corrected chi connectivity index (χ2v) is 6.62. The number of carbonyl (C=O) groups excluding carboxylic acids is 2. The van der Waals surface area contributed by atoms with E-state index in [1.807, 2.05) is 13.0 Å². The van der Waals surface area contributed by atoms with Gasteiger partial charge in [0.1, 0.15) is 11.9 Å². The van der Waals surface area contributed by atoms with Gasteiger partial charge in [0.25, 0.3) is 0 Å². The summed E-state index contributed by atoms with van der Waals surface area (Å²) in [6.07, 6.45) is 2.08. The van der Waals surface area contributed by atoms with Crippen LogP contribution in [0.15, 0.2) is 34.6 Å². The molecule has 6 nitrogen and oxygen atoms in total. The van der Waals surface area contributed by atoms with Crippen molar-refractivity contribution in [2.75, 3.05) is 7.05 Å². The van der Waals surface area contributed by atoms with Crippen molar-refractivity contribution in [3.8, 4) is 0 Å². The number of ether oxygens (including phenoxy) is 2. The maximum atomic E-state index is 11.8. The molecule has 0 radical (unpaired) electrons. The Morgan fingerprint density at radius 2 is 2.22 bits per heavy atom. The molecule has 124 valence electrons. The summed E-state index contributed by atoms with van der Waals surface area (Å²) < 4.78 is 10.5. The number of carbonyl (C=O) groups is 2. The van der Waals surface area contributed by atoms with E-state index in [1.54, 1.807) is 13.0 Å². The van der Waals surface area contributed by atoms with E-state index < -0.39 is 18.3 Å². The molecule has 1 amide bonds. The van der Waals surface area contributed by atoms with Gasteiger partial charge in [-0.15, -0.1) is 0 Å². The van der Waals surface area contributed by atoms with E-state index in [9.17, 15) is 14.7 Å². The second-order valence-electron chi connectivity index (χ2n) is 6.62. The maximum Gasteiger partial charge on any atom is 0.407 e. The topological polar surface area (TPSA) is 84.9 Å². The van der Waals surface area contributed by atoms with Gasteiger partial charge < -0.3 is 19.9 Å². The van der Waals surface area contributed by atoms with Crippen LogP contribution in [0.5, 0.6) is 0 Å². The lowest BCUT2D eigenvalue weighted by Crippen LogP contribution is -2.48. The molecule has 0 unspecified atom stereocenters. The molecule has 0 saturated carbocycles. The summed E-state index contributed by atoms with van der Waals surface area (Å²) in [4.78, 5) is 23.3. The highest BCUT2D eigenvalue weighted by molar-refractivity contribution is 5.94. The zero-order valence-electron chi connectivity index (χ0n) is 13.7. The average Bonchev–Trinajstić information content (AvgIpc) is 2.78. The van der Waals surface area contributed by atoms with Crippen LogP contribution in [-0.4, -0.2) is 36.4 Å². The van der Waals surface area contributed by atoms with Gasteiger partial charge in [-0.25, -0.2) is 9.59 Å². The number of amides is 1. The summed E-state index contributed by atoms with van der Waals surface area (Å²) in [6.45, 7) is 5.75. The van der Waals surface area contributed by atoms with Crippen LogP contribution < -0.4 is 5.32 Å². The molecule has 1 heterocycles. The van der Waals surface area contributed by atoms with Crippen LogP contribution in [0.1, 0.15) is 27.2 Å². The molecule has 6 heteroatoms. The van der Waals surface area contributed by atoms with Crippen LogP contribution in [0, 0.1) is 11.3 Å². The fraction of sp³-hybridized carbons (Fsp3) is 0.529. The monoisotopic (exact) mass is 319 g/mol. The highest BCUT2D eigenvalue weighted by Crippen LogP contribution is 2.53. The van der Waals surface area contributed by atoms with E-state index >= 15 is 0 Å². The third-order valence-electron chi connectivity index (χ3n) is 5.39. The molecule has 0 fully saturated rings. The lowest BCUT2D eigenvalue weighted by molar-refractivity contribution is -0.133. The number of hydrogen-bond acceptors (Lipinski definition) is 5. The molecular weight excluding hydrogens is 298 g/mol. The Balaban J connectivity index is 2.04. The van der Waals surface area contributed by atoms with E-state index in [4.69, 9.17) is 9.47 Å². The Morgan fingerprint density at radius 3 is 2.87 bits per heavy atom. The standard InChI is InChI=1S/C17H21NO5/c1-8-11-7-17(3)9(2)14(19)13(23-16(21)18-4)6-10(17)5-12(11)22-15(8)20/h5-6,9,13-14,19H,7H2,1-4H3,(H,18,21)/t9-,13-,14+,17+/m0/s1. The van der Waals surface area contributed by atoms with E-state index in [2.05, 4.69) is 12.2 Å². The van der Waals surface area contributed by atoms with Gasteiger partial charge in [-0.2, -0.15) is 0 Å². The van der Waals surface area contributed by atoms with Gasteiger partial charge in [-0.1, -0.05) is 13.8 Å². The van der Waals surface area contributed by atoms with E-state index in [0.29, 0.717) is 17.8 Å². The Bertz CT molecular complexity index is 674.